The minimum Gasteiger partial charge on any atom is -0.495 e. The van der Waals surface area contributed by atoms with Gasteiger partial charge in [0.05, 0.1) is 29.3 Å². The van der Waals surface area contributed by atoms with Gasteiger partial charge in [0.15, 0.2) is 0 Å². The molecule has 156 valence electrons. The monoisotopic (exact) mass is 416 g/mol. The van der Waals surface area contributed by atoms with Crippen LogP contribution in [0.5, 0.6) is 5.75 Å². The summed E-state index contributed by atoms with van der Waals surface area (Å²) >= 11 is 0. The average molecular weight is 416 g/mol. The lowest BCUT2D eigenvalue weighted by Crippen LogP contribution is -2.26. The summed E-state index contributed by atoms with van der Waals surface area (Å²) in [7, 11) is 1.53. The standard InChI is InChI=1S/C24H21FN4O2/c1-31-23-19(24(30)27-15-12-17-10-13-26-14-11-17)7-9-21-22(23)20(28-29-21)8-4-16-2-5-18(25)6-3-16/h2-11,13-14H,12,15H2,1H3,(H,27,30)(H,28,29)/b8-4+. The number of aromatic nitrogens is 3. The van der Waals surface area contributed by atoms with Gasteiger partial charge < -0.3 is 10.1 Å². The lowest BCUT2D eigenvalue weighted by Gasteiger charge is -2.11. The number of fused-ring (bicyclic) bond motifs is 1. The van der Waals surface area contributed by atoms with Crippen molar-refractivity contribution in [1.82, 2.24) is 20.5 Å². The Balaban J connectivity index is 1.57. The number of nitrogens with one attached hydrogen (secondary N) is 2. The number of pyridine rings is 1. The molecule has 0 bridgehead atoms. The van der Waals surface area contributed by atoms with Crippen LogP contribution in [-0.4, -0.2) is 34.7 Å². The number of carbonyl (C=O) groups excluding carboxylic acids is 1. The van der Waals surface area contributed by atoms with Crippen molar-refractivity contribution in [3.8, 4) is 5.75 Å². The molecule has 0 aliphatic rings. The van der Waals surface area contributed by atoms with Crippen molar-refractivity contribution < 1.29 is 13.9 Å². The number of amides is 1. The van der Waals surface area contributed by atoms with Crippen LogP contribution in [-0.2, 0) is 6.42 Å². The summed E-state index contributed by atoms with van der Waals surface area (Å²) in [5, 5.41) is 10.9. The molecular formula is C24H21FN4O2. The van der Waals surface area contributed by atoms with E-state index in [-0.39, 0.29) is 11.7 Å². The highest BCUT2D eigenvalue weighted by atomic mass is 19.1. The van der Waals surface area contributed by atoms with Crippen LogP contribution < -0.4 is 10.1 Å². The first kappa shape index (κ1) is 20.3. The number of hydrogen-bond acceptors (Lipinski definition) is 4. The Bertz CT molecular complexity index is 1220. The average Bonchev–Trinajstić information content (AvgIpc) is 3.22. The van der Waals surface area contributed by atoms with Crippen LogP contribution in [0.25, 0.3) is 23.1 Å². The summed E-state index contributed by atoms with van der Waals surface area (Å²) < 4.78 is 18.7. The Kier molecular flexibility index (Phi) is 6.03. The van der Waals surface area contributed by atoms with E-state index in [1.807, 2.05) is 24.3 Å². The Labute approximate surface area is 178 Å². The van der Waals surface area contributed by atoms with E-state index >= 15 is 0 Å². The summed E-state index contributed by atoms with van der Waals surface area (Å²) in [6.45, 7) is 0.493. The van der Waals surface area contributed by atoms with E-state index in [0.29, 0.717) is 40.9 Å². The number of halogens is 1. The van der Waals surface area contributed by atoms with Crippen molar-refractivity contribution in [3.63, 3.8) is 0 Å². The number of hydrogen-bond donors (Lipinski definition) is 2. The molecule has 1 amide bonds. The molecule has 6 nitrogen and oxygen atoms in total. The van der Waals surface area contributed by atoms with Crippen LogP contribution in [0.4, 0.5) is 4.39 Å². The number of H-pyrrole nitrogens is 1. The lowest BCUT2D eigenvalue weighted by atomic mass is 10.1. The topological polar surface area (TPSA) is 79.9 Å². The van der Waals surface area contributed by atoms with Crippen LogP contribution in [0.15, 0.2) is 60.9 Å². The van der Waals surface area contributed by atoms with Gasteiger partial charge in [-0.05, 0) is 60.0 Å². The van der Waals surface area contributed by atoms with Crippen molar-refractivity contribution in [1.29, 1.82) is 0 Å². The Hall–Kier alpha value is -4.00. The van der Waals surface area contributed by atoms with Crippen LogP contribution in [0, 0.1) is 5.82 Å². The maximum atomic E-state index is 13.1. The van der Waals surface area contributed by atoms with Crippen LogP contribution in [0.1, 0.15) is 27.2 Å². The van der Waals surface area contributed by atoms with E-state index in [9.17, 15) is 9.18 Å². The second-order valence-electron chi connectivity index (χ2n) is 6.92. The van der Waals surface area contributed by atoms with Crippen LogP contribution in [0.2, 0.25) is 0 Å². The third-order valence-corrected chi connectivity index (χ3v) is 4.91. The number of ether oxygens (including phenoxy) is 1. The van der Waals surface area contributed by atoms with Crippen LogP contribution in [0.3, 0.4) is 0 Å². The molecule has 2 aromatic carbocycles. The summed E-state index contributed by atoms with van der Waals surface area (Å²) in [5.74, 6) is -0.0562. The highest BCUT2D eigenvalue weighted by molar-refractivity contribution is 6.05. The molecular weight excluding hydrogens is 395 g/mol. The smallest absolute Gasteiger partial charge is 0.255 e. The van der Waals surface area contributed by atoms with Gasteiger partial charge in [0.2, 0.25) is 0 Å². The molecule has 0 unspecified atom stereocenters. The molecule has 0 fully saturated rings. The predicted molar refractivity (Wildman–Crippen MR) is 118 cm³/mol. The Morgan fingerprint density at radius 2 is 1.87 bits per heavy atom. The third-order valence-electron chi connectivity index (χ3n) is 4.91. The number of carbonyl (C=O) groups is 1. The third kappa shape index (κ3) is 4.61. The van der Waals surface area contributed by atoms with Crippen molar-refractivity contribution in [2.45, 2.75) is 6.42 Å². The van der Waals surface area contributed by atoms with Gasteiger partial charge in [-0.1, -0.05) is 18.2 Å². The number of rotatable bonds is 7. The molecule has 2 heterocycles. The first-order chi connectivity index (χ1) is 15.2. The maximum absolute atomic E-state index is 13.1. The van der Waals surface area contributed by atoms with Gasteiger partial charge in [0.1, 0.15) is 11.6 Å². The molecule has 0 saturated heterocycles. The van der Waals surface area contributed by atoms with Gasteiger partial charge in [-0.2, -0.15) is 5.10 Å². The lowest BCUT2D eigenvalue weighted by molar-refractivity contribution is 0.0951. The normalized spacial score (nSPS) is 11.2. The Morgan fingerprint density at radius 1 is 1.10 bits per heavy atom. The van der Waals surface area contributed by atoms with Gasteiger partial charge in [-0.15, -0.1) is 0 Å². The molecule has 2 aromatic heterocycles. The molecule has 0 aliphatic carbocycles. The molecule has 0 spiro atoms. The van der Waals surface area contributed by atoms with Gasteiger partial charge in [0.25, 0.3) is 5.91 Å². The van der Waals surface area contributed by atoms with E-state index in [0.717, 1.165) is 11.1 Å². The number of nitrogens with zero attached hydrogens (tertiary/aromatic N) is 2. The molecule has 0 atom stereocenters. The molecule has 0 radical (unpaired) electrons. The summed E-state index contributed by atoms with van der Waals surface area (Å²) in [5.41, 5.74) is 3.75. The van der Waals surface area contributed by atoms with E-state index in [4.69, 9.17) is 4.74 Å². The van der Waals surface area contributed by atoms with Gasteiger partial charge >= 0.3 is 0 Å². The fourth-order valence-electron chi connectivity index (χ4n) is 3.33. The molecule has 2 N–H and O–H groups in total. The van der Waals surface area contributed by atoms with Crippen molar-refractivity contribution >= 4 is 29.0 Å². The zero-order valence-electron chi connectivity index (χ0n) is 16.9. The van der Waals surface area contributed by atoms with Crippen molar-refractivity contribution in [2.75, 3.05) is 13.7 Å². The fourth-order valence-corrected chi connectivity index (χ4v) is 3.33. The molecule has 7 heteroatoms. The van der Waals surface area contributed by atoms with Gasteiger partial charge in [-0.3, -0.25) is 14.9 Å². The van der Waals surface area contributed by atoms with E-state index in [1.54, 1.807) is 36.7 Å². The van der Waals surface area contributed by atoms with Gasteiger partial charge in [-0.25, -0.2) is 4.39 Å². The van der Waals surface area contributed by atoms with E-state index in [2.05, 4.69) is 20.5 Å². The second-order valence-corrected chi connectivity index (χ2v) is 6.92. The zero-order valence-corrected chi connectivity index (χ0v) is 16.9. The first-order valence-corrected chi connectivity index (χ1v) is 9.81. The number of aromatic amines is 1. The molecule has 4 aromatic rings. The summed E-state index contributed by atoms with van der Waals surface area (Å²) in [6, 6.07) is 13.5. The minimum absolute atomic E-state index is 0.220. The zero-order chi connectivity index (χ0) is 21.6. The van der Waals surface area contributed by atoms with Crippen LogP contribution >= 0.6 is 0 Å². The summed E-state index contributed by atoms with van der Waals surface area (Å²) in [6.07, 6.45) is 7.84. The van der Waals surface area contributed by atoms with Crippen molar-refractivity contribution in [3.05, 3.63) is 89.1 Å². The molecule has 0 saturated carbocycles. The Morgan fingerprint density at radius 3 is 2.61 bits per heavy atom. The SMILES string of the molecule is COc1c(C(=O)NCCc2ccncc2)ccc2n[nH]c(/C=C/c3ccc(F)cc3)c12. The largest absolute Gasteiger partial charge is 0.495 e. The highest BCUT2D eigenvalue weighted by Crippen LogP contribution is 2.32. The molecule has 4 rings (SSSR count). The first-order valence-electron chi connectivity index (χ1n) is 9.81. The number of benzene rings is 2. The highest BCUT2D eigenvalue weighted by Gasteiger charge is 2.18. The minimum atomic E-state index is -0.287. The fraction of sp³-hybridized carbons (Fsp3) is 0.125. The molecule has 31 heavy (non-hydrogen) atoms. The van der Waals surface area contributed by atoms with E-state index in [1.165, 1.54) is 19.2 Å². The second kappa shape index (κ2) is 9.21. The van der Waals surface area contributed by atoms with E-state index < -0.39 is 0 Å². The summed E-state index contributed by atoms with van der Waals surface area (Å²) in [4.78, 5) is 16.8. The van der Waals surface area contributed by atoms with Gasteiger partial charge in [0, 0.05) is 18.9 Å². The maximum Gasteiger partial charge on any atom is 0.255 e. The quantitative estimate of drug-likeness (QED) is 0.472. The number of methoxy groups -OCH3 is 1. The molecule has 0 aliphatic heterocycles. The predicted octanol–water partition coefficient (Wildman–Crippen LogP) is 4.25. The van der Waals surface area contributed by atoms with Crippen molar-refractivity contribution in [2.24, 2.45) is 0 Å².